The average molecular weight is 430 g/mol. The monoisotopic (exact) mass is 429 g/mol. The molecule has 4 rings (SSSR count). The van der Waals surface area contributed by atoms with Crippen molar-refractivity contribution >= 4 is 23.2 Å². The molecule has 0 radical (unpaired) electrons. The van der Waals surface area contributed by atoms with Gasteiger partial charge in [0.1, 0.15) is 16.8 Å². The van der Waals surface area contributed by atoms with Crippen LogP contribution in [0.5, 0.6) is 5.75 Å². The van der Waals surface area contributed by atoms with Gasteiger partial charge in [-0.25, -0.2) is 4.98 Å². The van der Waals surface area contributed by atoms with E-state index in [1.54, 1.807) is 18.3 Å². The van der Waals surface area contributed by atoms with Crippen LogP contribution in [0.15, 0.2) is 24.3 Å². The Bertz CT molecular complexity index is 912. The number of amides is 1. The number of hydrogen-bond acceptors (Lipinski definition) is 6. The molecule has 160 valence electrons. The number of hydrogen-bond donors (Lipinski definition) is 1. The second kappa shape index (κ2) is 9.14. The van der Waals surface area contributed by atoms with Gasteiger partial charge in [0.15, 0.2) is 0 Å². The number of rotatable bonds is 7. The van der Waals surface area contributed by atoms with Crippen molar-refractivity contribution in [3.8, 4) is 16.3 Å². The Balaban J connectivity index is 1.29. The van der Waals surface area contributed by atoms with E-state index in [4.69, 9.17) is 9.72 Å². The molecule has 1 saturated heterocycles. The van der Waals surface area contributed by atoms with Gasteiger partial charge in [-0.15, -0.1) is 11.3 Å². The van der Waals surface area contributed by atoms with Crippen molar-refractivity contribution in [2.45, 2.75) is 45.2 Å². The third kappa shape index (κ3) is 4.65. The number of carbonyl (C=O) groups excluding carboxylic acids is 1. The van der Waals surface area contributed by atoms with Crippen LogP contribution >= 0.6 is 11.3 Å². The van der Waals surface area contributed by atoms with Crippen LogP contribution in [-0.4, -0.2) is 64.0 Å². The number of fused-ring (bicyclic) bond motifs is 1. The van der Waals surface area contributed by atoms with Gasteiger partial charge >= 0.3 is 5.97 Å². The van der Waals surface area contributed by atoms with Gasteiger partial charge in [0, 0.05) is 36.9 Å². The summed E-state index contributed by atoms with van der Waals surface area (Å²) in [5.74, 6) is 0.196. The van der Waals surface area contributed by atoms with Gasteiger partial charge < -0.3 is 14.7 Å². The van der Waals surface area contributed by atoms with E-state index < -0.39 is 5.97 Å². The fourth-order valence-corrected chi connectivity index (χ4v) is 5.24. The molecule has 1 N–H and O–H groups in total. The summed E-state index contributed by atoms with van der Waals surface area (Å²) in [5, 5.41) is 10.2. The Kier molecular flexibility index (Phi) is 6.34. The maximum Gasteiger partial charge on any atom is 0.320 e. The molecule has 0 bridgehead atoms. The van der Waals surface area contributed by atoms with Crippen LogP contribution < -0.4 is 4.74 Å². The zero-order valence-electron chi connectivity index (χ0n) is 17.2. The van der Waals surface area contributed by atoms with Crippen LogP contribution in [-0.2, 0) is 22.6 Å². The molecular weight excluding hydrogens is 402 g/mol. The van der Waals surface area contributed by atoms with Crippen LogP contribution in [0.2, 0.25) is 0 Å². The number of benzene rings is 1. The number of ether oxygens (including phenoxy) is 1. The first-order chi connectivity index (χ1) is 14.5. The summed E-state index contributed by atoms with van der Waals surface area (Å²) in [5.41, 5.74) is 2.16. The molecule has 0 saturated carbocycles. The predicted octanol–water partition coefficient (Wildman–Crippen LogP) is 3.03. The van der Waals surface area contributed by atoms with Crippen molar-refractivity contribution in [1.82, 2.24) is 14.8 Å². The molecular formula is C22H27N3O4S. The maximum atomic E-state index is 11.6. The third-order valence-corrected chi connectivity index (χ3v) is 6.92. The molecule has 8 heteroatoms. The molecule has 0 unspecified atom stereocenters. The lowest BCUT2D eigenvalue weighted by atomic mass is 10.2. The van der Waals surface area contributed by atoms with Gasteiger partial charge in [-0.3, -0.25) is 14.5 Å². The molecule has 1 aromatic carbocycles. The minimum Gasteiger partial charge on any atom is -0.494 e. The summed E-state index contributed by atoms with van der Waals surface area (Å²) in [4.78, 5) is 32.7. The second-order valence-electron chi connectivity index (χ2n) is 7.84. The van der Waals surface area contributed by atoms with Gasteiger partial charge in [-0.1, -0.05) is 0 Å². The highest BCUT2D eigenvalue weighted by Gasteiger charge is 2.29. The third-order valence-electron chi connectivity index (χ3n) is 5.78. The molecule has 3 heterocycles. The highest BCUT2D eigenvalue weighted by molar-refractivity contribution is 7.15. The van der Waals surface area contributed by atoms with Gasteiger partial charge in [0.2, 0.25) is 5.91 Å². The molecule has 2 aromatic rings. The van der Waals surface area contributed by atoms with Crippen molar-refractivity contribution in [3.63, 3.8) is 0 Å². The molecule has 7 nitrogen and oxygen atoms in total. The number of aliphatic carboxylic acids is 1. The molecule has 1 fully saturated rings. The fraction of sp³-hybridized carbons (Fsp3) is 0.500. The van der Waals surface area contributed by atoms with Gasteiger partial charge in [-0.2, -0.15) is 0 Å². The van der Waals surface area contributed by atoms with Crippen LogP contribution in [0.3, 0.4) is 0 Å². The summed E-state index contributed by atoms with van der Waals surface area (Å²) in [6.07, 6.45) is 3.31. The van der Waals surface area contributed by atoms with Crippen LogP contribution in [0, 0.1) is 0 Å². The van der Waals surface area contributed by atoms with E-state index in [0.717, 1.165) is 67.3 Å². The van der Waals surface area contributed by atoms with Crippen molar-refractivity contribution in [3.05, 3.63) is 34.8 Å². The molecule has 1 amide bonds. The zero-order valence-corrected chi connectivity index (χ0v) is 18.0. The average Bonchev–Trinajstić information content (AvgIpc) is 3.38. The van der Waals surface area contributed by atoms with Gasteiger partial charge in [0.25, 0.3) is 0 Å². The van der Waals surface area contributed by atoms with Crippen molar-refractivity contribution < 1.29 is 19.4 Å². The Hall–Kier alpha value is -2.45. The van der Waals surface area contributed by atoms with Crippen LogP contribution in [0.4, 0.5) is 0 Å². The summed E-state index contributed by atoms with van der Waals surface area (Å²) in [6, 6.07) is 7.60. The molecule has 2 aliphatic rings. The number of carbonyl (C=O) groups is 2. The summed E-state index contributed by atoms with van der Waals surface area (Å²) < 4.78 is 5.84. The SMILES string of the molecule is CC(=O)N1CCc2nc(-c3ccc(OCCCN4CCC[C@H]4C(=O)O)cc3)sc2C1. The van der Waals surface area contributed by atoms with Crippen molar-refractivity contribution in [2.75, 3.05) is 26.2 Å². The molecule has 1 aromatic heterocycles. The van der Waals surface area contributed by atoms with E-state index in [1.165, 1.54) is 4.88 Å². The van der Waals surface area contributed by atoms with E-state index in [1.807, 2.05) is 34.1 Å². The quantitative estimate of drug-likeness (QED) is 0.681. The lowest BCUT2D eigenvalue weighted by Crippen LogP contribution is -2.36. The van der Waals surface area contributed by atoms with Gasteiger partial charge in [0.05, 0.1) is 18.8 Å². The normalized spacial score (nSPS) is 19.0. The number of carboxylic acid groups (broad SMARTS) is 1. The number of carboxylic acids is 1. The van der Waals surface area contributed by atoms with Crippen molar-refractivity contribution in [1.29, 1.82) is 0 Å². The Morgan fingerprint density at radius 3 is 2.80 bits per heavy atom. The highest BCUT2D eigenvalue weighted by atomic mass is 32.1. The lowest BCUT2D eigenvalue weighted by Gasteiger charge is -2.24. The van der Waals surface area contributed by atoms with E-state index in [-0.39, 0.29) is 11.9 Å². The first-order valence-corrected chi connectivity index (χ1v) is 11.3. The second-order valence-corrected chi connectivity index (χ2v) is 8.92. The van der Waals surface area contributed by atoms with E-state index in [9.17, 15) is 14.7 Å². The smallest absolute Gasteiger partial charge is 0.320 e. The predicted molar refractivity (Wildman–Crippen MR) is 115 cm³/mol. The van der Waals surface area contributed by atoms with Crippen LogP contribution in [0.25, 0.3) is 10.6 Å². The molecule has 1 atom stereocenters. The standard InChI is InChI=1S/C22H27N3O4S/c1-15(26)25-12-9-18-20(14-25)30-21(23-18)16-5-7-17(8-6-16)29-13-3-11-24-10-2-4-19(24)22(27)28/h5-8,19H,2-4,9-14H2,1H3,(H,27,28)/t19-/m0/s1. The first kappa shape index (κ1) is 20.8. The highest BCUT2D eigenvalue weighted by Crippen LogP contribution is 2.32. The van der Waals surface area contributed by atoms with Crippen LogP contribution in [0.1, 0.15) is 36.8 Å². The van der Waals surface area contributed by atoms with E-state index in [2.05, 4.69) is 0 Å². The Morgan fingerprint density at radius 1 is 1.27 bits per heavy atom. The number of likely N-dealkylation sites (tertiary alicyclic amines) is 1. The number of aromatic nitrogens is 1. The maximum absolute atomic E-state index is 11.6. The van der Waals surface area contributed by atoms with Gasteiger partial charge in [-0.05, 0) is 50.1 Å². The topological polar surface area (TPSA) is 83.0 Å². The molecule has 0 aliphatic carbocycles. The molecule has 30 heavy (non-hydrogen) atoms. The Labute approximate surface area is 180 Å². The largest absolute Gasteiger partial charge is 0.494 e. The van der Waals surface area contributed by atoms with Crippen molar-refractivity contribution in [2.24, 2.45) is 0 Å². The zero-order chi connectivity index (χ0) is 21.1. The minimum atomic E-state index is -0.720. The lowest BCUT2D eigenvalue weighted by molar-refractivity contribution is -0.142. The fourth-order valence-electron chi connectivity index (χ4n) is 4.11. The Morgan fingerprint density at radius 2 is 2.07 bits per heavy atom. The number of thiazole rings is 1. The molecule has 2 aliphatic heterocycles. The van der Waals surface area contributed by atoms with E-state index in [0.29, 0.717) is 13.2 Å². The molecule has 0 spiro atoms. The van der Waals surface area contributed by atoms with E-state index >= 15 is 0 Å². The number of nitrogens with zero attached hydrogens (tertiary/aromatic N) is 3. The summed E-state index contributed by atoms with van der Waals surface area (Å²) in [7, 11) is 0. The summed E-state index contributed by atoms with van der Waals surface area (Å²) in [6.45, 7) is 5.17. The first-order valence-electron chi connectivity index (χ1n) is 10.5. The minimum absolute atomic E-state index is 0.111. The summed E-state index contributed by atoms with van der Waals surface area (Å²) >= 11 is 1.65.